The van der Waals surface area contributed by atoms with Crippen molar-refractivity contribution in [2.24, 2.45) is 5.73 Å². The second kappa shape index (κ2) is 5.43. The molecule has 11 heteroatoms. The smallest absolute Gasteiger partial charge is 0.311 e. The van der Waals surface area contributed by atoms with Gasteiger partial charge in [0.05, 0.1) is 16.7 Å². The van der Waals surface area contributed by atoms with Crippen LogP contribution in [-0.4, -0.2) is 11.8 Å². The molecule has 0 saturated carbocycles. The first-order chi connectivity index (χ1) is 11.7. The first-order valence-electron chi connectivity index (χ1n) is 6.71. The van der Waals surface area contributed by atoms with Crippen LogP contribution in [0.4, 0.5) is 25.1 Å². The molecular weight excluding hydrogens is 381 g/mol. The van der Waals surface area contributed by atoms with Gasteiger partial charge in [-0.25, -0.2) is 0 Å². The molecule has 0 heterocycles. The van der Waals surface area contributed by atoms with E-state index in [-0.39, 0.29) is 17.2 Å². The Morgan fingerprint density at radius 2 is 1.58 bits per heavy atom. The van der Waals surface area contributed by atoms with Gasteiger partial charge in [0.25, 0.3) is 5.91 Å². The third-order valence-electron chi connectivity index (χ3n) is 3.21. The minimum Gasteiger partial charge on any atom is -0.366 e. The van der Waals surface area contributed by atoms with Crippen molar-refractivity contribution in [2.45, 2.75) is 4.90 Å². The Morgan fingerprint density at radius 1 is 1.00 bits per heavy atom. The van der Waals surface area contributed by atoms with Crippen molar-refractivity contribution in [3.8, 4) is 6.07 Å². The summed E-state index contributed by atoms with van der Waals surface area (Å²) in [5.41, 5.74) is 2.74. The number of nitrogens with zero attached hydrogens (tertiary/aromatic N) is 1. The van der Waals surface area contributed by atoms with Crippen LogP contribution in [0.1, 0.15) is 26.3 Å². The minimum atomic E-state index is -10.2. The summed E-state index contributed by atoms with van der Waals surface area (Å²) in [6.07, 6.45) is 0. The van der Waals surface area contributed by atoms with Crippen molar-refractivity contribution in [1.29, 1.82) is 5.26 Å². The summed E-state index contributed by atoms with van der Waals surface area (Å²) in [6, 6.07) is 7.58. The molecule has 2 rings (SSSR count). The van der Waals surface area contributed by atoms with E-state index in [4.69, 9.17) is 11.0 Å². The SMILES string of the molecule is N#Cc1ccc(NC(=O)c2ccccc2C(N)=O)cc1S(F)(F)(F)(F)F. The number of amides is 2. The van der Waals surface area contributed by atoms with Gasteiger partial charge in [-0.1, -0.05) is 31.6 Å². The van der Waals surface area contributed by atoms with E-state index in [9.17, 15) is 29.0 Å². The fourth-order valence-electron chi connectivity index (χ4n) is 2.11. The topological polar surface area (TPSA) is 96.0 Å². The van der Waals surface area contributed by atoms with Crippen molar-refractivity contribution in [2.75, 3.05) is 5.32 Å². The number of anilines is 1. The van der Waals surface area contributed by atoms with E-state index >= 15 is 0 Å². The van der Waals surface area contributed by atoms with E-state index < -0.39 is 38.2 Å². The Labute approximate surface area is 143 Å². The van der Waals surface area contributed by atoms with Gasteiger partial charge in [0.15, 0.2) is 0 Å². The molecule has 0 aliphatic carbocycles. The molecule has 0 fully saturated rings. The van der Waals surface area contributed by atoms with Crippen molar-refractivity contribution < 1.29 is 29.0 Å². The van der Waals surface area contributed by atoms with Crippen LogP contribution in [0, 0.1) is 11.3 Å². The maximum absolute atomic E-state index is 13.1. The van der Waals surface area contributed by atoms with Crippen LogP contribution in [0.15, 0.2) is 47.4 Å². The Hall–Kier alpha value is -3.13. The lowest BCUT2D eigenvalue weighted by molar-refractivity contribution is 0.0977. The highest BCUT2D eigenvalue weighted by Gasteiger charge is 2.66. The summed E-state index contributed by atoms with van der Waals surface area (Å²) in [5, 5.41) is 10.6. The van der Waals surface area contributed by atoms with E-state index in [1.54, 1.807) is 0 Å². The second-order valence-corrected chi connectivity index (χ2v) is 7.53. The molecule has 26 heavy (non-hydrogen) atoms. The minimum absolute atomic E-state index is 0.0229. The molecule has 0 saturated heterocycles. The van der Waals surface area contributed by atoms with Gasteiger partial charge in [0, 0.05) is 5.69 Å². The number of primary amides is 1. The first kappa shape index (κ1) is 19.2. The molecule has 0 bridgehead atoms. The van der Waals surface area contributed by atoms with Crippen molar-refractivity contribution >= 4 is 27.7 Å². The fourth-order valence-corrected chi connectivity index (χ4v) is 2.98. The fraction of sp³-hybridized carbons (Fsp3) is 0. The molecule has 3 N–H and O–H groups in total. The third-order valence-corrected chi connectivity index (χ3v) is 4.38. The maximum atomic E-state index is 13.1. The molecular formula is C15H10F5N3O2S. The molecule has 0 aliphatic rings. The summed E-state index contributed by atoms with van der Waals surface area (Å²) in [5.74, 6) is -1.99. The Morgan fingerprint density at radius 3 is 2.08 bits per heavy atom. The van der Waals surface area contributed by atoms with Crippen molar-refractivity contribution in [3.05, 3.63) is 59.2 Å². The number of hydrogen-bond donors (Lipinski definition) is 2. The number of nitrogens with two attached hydrogens (primary N) is 1. The van der Waals surface area contributed by atoms with Gasteiger partial charge in [-0.05, 0) is 30.3 Å². The molecule has 0 aliphatic heterocycles. The second-order valence-electron chi connectivity index (χ2n) is 5.16. The van der Waals surface area contributed by atoms with Gasteiger partial charge in [-0.2, -0.15) is 5.26 Å². The van der Waals surface area contributed by atoms with Crippen molar-refractivity contribution in [3.63, 3.8) is 0 Å². The normalized spacial score (nSPS) is 13.8. The number of carbonyl (C=O) groups excluding carboxylic acids is 2. The van der Waals surface area contributed by atoms with Gasteiger partial charge < -0.3 is 11.1 Å². The van der Waals surface area contributed by atoms with Crippen LogP contribution in [0.5, 0.6) is 0 Å². The predicted octanol–water partition coefficient (Wildman–Crippen LogP) is 4.57. The van der Waals surface area contributed by atoms with E-state index in [0.717, 1.165) is 12.1 Å². The highest BCUT2D eigenvalue weighted by molar-refractivity contribution is 8.45. The summed E-state index contributed by atoms with van der Waals surface area (Å²) in [7, 11) is -10.2. The number of nitrogens with one attached hydrogen (secondary N) is 1. The third kappa shape index (κ3) is 4.09. The highest BCUT2D eigenvalue weighted by atomic mass is 32.5. The van der Waals surface area contributed by atoms with Gasteiger partial charge in [0.2, 0.25) is 5.91 Å². The lowest BCUT2D eigenvalue weighted by Gasteiger charge is -2.41. The molecule has 0 atom stereocenters. The number of carbonyl (C=O) groups is 2. The van der Waals surface area contributed by atoms with Crippen LogP contribution in [-0.2, 0) is 0 Å². The monoisotopic (exact) mass is 391 g/mol. The van der Waals surface area contributed by atoms with Crippen LogP contribution in [0.3, 0.4) is 0 Å². The number of nitriles is 1. The molecule has 138 valence electrons. The van der Waals surface area contributed by atoms with Gasteiger partial charge in [-0.3, -0.25) is 9.59 Å². The van der Waals surface area contributed by atoms with E-state index in [1.807, 2.05) is 5.32 Å². The first-order valence-corrected chi connectivity index (χ1v) is 8.66. The standard InChI is InChI=1S/C15H10F5N3O2S/c16-26(17,18,19,20)13-7-10(6-5-9(13)8-21)23-15(25)12-4-2-1-3-11(12)14(22)24/h1-7H,(H2,22,24)(H,23,25). The molecule has 2 aromatic rings. The number of rotatable bonds is 4. The summed E-state index contributed by atoms with van der Waals surface area (Å²) in [4.78, 5) is 21.1. The largest absolute Gasteiger partial charge is 0.366 e. The number of hydrogen-bond acceptors (Lipinski definition) is 3. The van der Waals surface area contributed by atoms with E-state index in [0.29, 0.717) is 6.07 Å². The lowest BCUT2D eigenvalue weighted by Crippen LogP contribution is -2.20. The molecule has 0 unspecified atom stereocenters. The maximum Gasteiger partial charge on any atom is 0.311 e. The number of benzene rings is 2. The highest BCUT2D eigenvalue weighted by Crippen LogP contribution is 3.02. The molecule has 0 aromatic heterocycles. The summed E-state index contributed by atoms with van der Waals surface area (Å²) in [6.45, 7) is 0. The van der Waals surface area contributed by atoms with Gasteiger partial charge >= 0.3 is 10.2 Å². The van der Waals surface area contributed by atoms with Crippen LogP contribution >= 0.6 is 10.2 Å². The van der Waals surface area contributed by atoms with Crippen LogP contribution in [0.2, 0.25) is 0 Å². The Bertz CT molecular complexity index is 968. The Kier molecular flexibility index (Phi) is 4.01. The summed E-state index contributed by atoms with van der Waals surface area (Å²) < 4.78 is 65.4. The zero-order valence-corrected chi connectivity index (χ0v) is 13.5. The zero-order valence-electron chi connectivity index (χ0n) is 12.7. The summed E-state index contributed by atoms with van der Waals surface area (Å²) >= 11 is 0. The molecule has 2 aromatic carbocycles. The Balaban J connectivity index is 2.49. The van der Waals surface area contributed by atoms with Crippen molar-refractivity contribution in [1.82, 2.24) is 0 Å². The predicted molar refractivity (Wildman–Crippen MR) is 85.5 cm³/mol. The van der Waals surface area contributed by atoms with Gasteiger partial charge in [-0.15, -0.1) is 0 Å². The molecule has 0 radical (unpaired) electrons. The van der Waals surface area contributed by atoms with Crippen LogP contribution < -0.4 is 11.1 Å². The molecule has 2 amide bonds. The number of halogens is 5. The quantitative estimate of drug-likeness (QED) is 0.748. The lowest BCUT2D eigenvalue weighted by atomic mass is 10.1. The zero-order chi connectivity index (χ0) is 19.8. The van der Waals surface area contributed by atoms with Gasteiger partial charge in [0.1, 0.15) is 11.0 Å². The molecule has 5 nitrogen and oxygen atoms in total. The van der Waals surface area contributed by atoms with Crippen LogP contribution in [0.25, 0.3) is 0 Å². The molecule has 0 spiro atoms. The average molecular weight is 391 g/mol. The van der Waals surface area contributed by atoms with E-state index in [2.05, 4.69) is 0 Å². The average Bonchev–Trinajstić information content (AvgIpc) is 2.52. The van der Waals surface area contributed by atoms with E-state index in [1.165, 1.54) is 24.3 Å².